The minimum absolute atomic E-state index is 0.560. The summed E-state index contributed by atoms with van der Waals surface area (Å²) in [6, 6.07) is 10.4. The fourth-order valence-electron chi connectivity index (χ4n) is 3.89. The fraction of sp³-hybridized carbons (Fsp3) is 0.545. The van der Waals surface area contributed by atoms with Gasteiger partial charge in [-0.15, -0.1) is 0 Å². The van der Waals surface area contributed by atoms with Gasteiger partial charge < -0.3 is 15.0 Å². The van der Waals surface area contributed by atoms with Gasteiger partial charge in [-0.3, -0.25) is 9.67 Å². The maximum Gasteiger partial charge on any atom is 0.193 e. The van der Waals surface area contributed by atoms with Gasteiger partial charge in [0, 0.05) is 45.3 Å². The molecule has 1 aromatic heterocycles. The topological polar surface area (TPSA) is 54.7 Å². The van der Waals surface area contributed by atoms with E-state index in [1.165, 1.54) is 16.8 Å². The maximum absolute atomic E-state index is 5.94. The summed E-state index contributed by atoms with van der Waals surface area (Å²) in [5, 5.41) is 8.02. The summed E-state index contributed by atoms with van der Waals surface area (Å²) in [5.41, 5.74) is 4.93. The number of rotatable bonds is 7. The molecule has 1 saturated heterocycles. The zero-order valence-electron chi connectivity index (χ0n) is 17.6. The SMILES string of the molecule is CN=C(NCCc1c(C)nn(C)c1C)N1CCC(COCc2ccccc2)C1. The monoisotopic (exact) mass is 383 g/mol. The van der Waals surface area contributed by atoms with Gasteiger partial charge in [-0.1, -0.05) is 30.3 Å². The smallest absolute Gasteiger partial charge is 0.193 e. The minimum atomic E-state index is 0.560. The highest BCUT2D eigenvalue weighted by Crippen LogP contribution is 2.17. The van der Waals surface area contributed by atoms with Crippen molar-refractivity contribution >= 4 is 5.96 Å². The van der Waals surface area contributed by atoms with E-state index in [-0.39, 0.29) is 0 Å². The van der Waals surface area contributed by atoms with Crippen molar-refractivity contribution in [2.75, 3.05) is 33.3 Å². The number of benzene rings is 1. The number of aromatic nitrogens is 2. The first-order valence-corrected chi connectivity index (χ1v) is 10.1. The first-order valence-electron chi connectivity index (χ1n) is 10.1. The van der Waals surface area contributed by atoms with Crippen LogP contribution in [0.2, 0.25) is 0 Å². The van der Waals surface area contributed by atoms with Gasteiger partial charge in [0.2, 0.25) is 0 Å². The van der Waals surface area contributed by atoms with E-state index in [1.807, 2.05) is 24.8 Å². The molecule has 1 N–H and O–H groups in total. The van der Waals surface area contributed by atoms with E-state index in [9.17, 15) is 0 Å². The third kappa shape index (κ3) is 5.13. The van der Waals surface area contributed by atoms with E-state index < -0.39 is 0 Å². The molecule has 1 atom stereocenters. The van der Waals surface area contributed by atoms with Gasteiger partial charge in [0.1, 0.15) is 0 Å². The third-order valence-electron chi connectivity index (χ3n) is 5.58. The number of aryl methyl sites for hydroxylation is 2. The molecule has 0 amide bonds. The minimum Gasteiger partial charge on any atom is -0.376 e. The van der Waals surface area contributed by atoms with Gasteiger partial charge in [0.05, 0.1) is 18.9 Å². The van der Waals surface area contributed by atoms with Crippen LogP contribution >= 0.6 is 0 Å². The summed E-state index contributed by atoms with van der Waals surface area (Å²) in [4.78, 5) is 6.83. The van der Waals surface area contributed by atoms with Crippen LogP contribution in [0, 0.1) is 19.8 Å². The van der Waals surface area contributed by atoms with Gasteiger partial charge in [-0.05, 0) is 37.8 Å². The molecule has 2 aromatic rings. The van der Waals surface area contributed by atoms with Gasteiger partial charge in [-0.25, -0.2) is 0 Å². The van der Waals surface area contributed by atoms with Crippen molar-refractivity contribution in [1.29, 1.82) is 0 Å². The second-order valence-electron chi connectivity index (χ2n) is 7.60. The summed E-state index contributed by atoms with van der Waals surface area (Å²) in [6.45, 7) is 8.60. The number of guanidine groups is 1. The van der Waals surface area contributed by atoms with Crippen molar-refractivity contribution in [3.63, 3.8) is 0 Å². The van der Waals surface area contributed by atoms with Crippen LogP contribution in [0.15, 0.2) is 35.3 Å². The van der Waals surface area contributed by atoms with E-state index >= 15 is 0 Å². The molecule has 1 fully saturated rings. The quantitative estimate of drug-likeness (QED) is 0.590. The molecule has 0 bridgehead atoms. The lowest BCUT2D eigenvalue weighted by Gasteiger charge is -2.22. The Morgan fingerprint density at radius 2 is 2.07 bits per heavy atom. The normalized spacial score (nSPS) is 17.4. The van der Waals surface area contributed by atoms with Crippen LogP contribution in [0.25, 0.3) is 0 Å². The van der Waals surface area contributed by atoms with Crippen LogP contribution < -0.4 is 5.32 Å². The van der Waals surface area contributed by atoms with Crippen LogP contribution in [-0.4, -0.2) is 53.9 Å². The Kier molecular flexibility index (Phi) is 7.09. The molecule has 6 nitrogen and oxygen atoms in total. The molecule has 1 aliphatic heterocycles. The molecule has 3 rings (SSSR count). The molecule has 2 heterocycles. The lowest BCUT2D eigenvalue weighted by molar-refractivity contribution is 0.0907. The Hall–Kier alpha value is -2.34. The van der Waals surface area contributed by atoms with E-state index in [0.717, 1.165) is 50.7 Å². The van der Waals surface area contributed by atoms with Gasteiger partial charge in [0.25, 0.3) is 0 Å². The molecule has 1 unspecified atom stereocenters. The van der Waals surface area contributed by atoms with E-state index in [1.54, 1.807) is 0 Å². The number of hydrogen-bond donors (Lipinski definition) is 1. The van der Waals surface area contributed by atoms with Crippen LogP contribution in [-0.2, 0) is 24.8 Å². The molecule has 6 heteroatoms. The summed E-state index contributed by atoms with van der Waals surface area (Å²) in [6.07, 6.45) is 2.11. The molecule has 0 saturated carbocycles. The molecule has 1 aromatic carbocycles. The standard InChI is InChI=1S/C22H33N5O/c1-17-21(18(2)26(4)25-17)10-12-24-22(23-3)27-13-11-20(14-27)16-28-15-19-8-6-5-7-9-19/h5-9,20H,10-16H2,1-4H3,(H,23,24). The zero-order valence-corrected chi connectivity index (χ0v) is 17.6. The Morgan fingerprint density at radius 1 is 1.29 bits per heavy atom. The molecule has 152 valence electrons. The highest BCUT2D eigenvalue weighted by molar-refractivity contribution is 5.80. The van der Waals surface area contributed by atoms with E-state index in [4.69, 9.17) is 4.74 Å². The van der Waals surface area contributed by atoms with E-state index in [0.29, 0.717) is 12.5 Å². The average molecular weight is 384 g/mol. The predicted molar refractivity (Wildman–Crippen MR) is 114 cm³/mol. The van der Waals surface area contributed by atoms with Crippen molar-refractivity contribution in [3.8, 4) is 0 Å². The summed E-state index contributed by atoms with van der Waals surface area (Å²) in [5.74, 6) is 1.55. The lowest BCUT2D eigenvalue weighted by Crippen LogP contribution is -2.41. The van der Waals surface area contributed by atoms with Gasteiger partial charge in [0.15, 0.2) is 5.96 Å². The maximum atomic E-state index is 5.94. The number of nitrogens with zero attached hydrogens (tertiary/aromatic N) is 4. The third-order valence-corrected chi connectivity index (χ3v) is 5.58. The molecule has 0 aliphatic carbocycles. The average Bonchev–Trinajstić information content (AvgIpc) is 3.25. The lowest BCUT2D eigenvalue weighted by atomic mass is 10.1. The molecule has 0 spiro atoms. The molecule has 0 radical (unpaired) electrons. The van der Waals surface area contributed by atoms with Crippen LogP contribution in [0.5, 0.6) is 0 Å². The highest BCUT2D eigenvalue weighted by atomic mass is 16.5. The molecule has 1 aliphatic rings. The number of hydrogen-bond acceptors (Lipinski definition) is 3. The fourth-order valence-corrected chi connectivity index (χ4v) is 3.89. The largest absolute Gasteiger partial charge is 0.376 e. The second-order valence-corrected chi connectivity index (χ2v) is 7.60. The molecular weight excluding hydrogens is 350 g/mol. The summed E-state index contributed by atoms with van der Waals surface area (Å²) < 4.78 is 7.90. The second kappa shape index (κ2) is 9.73. The van der Waals surface area contributed by atoms with Gasteiger partial charge in [-0.2, -0.15) is 5.10 Å². The van der Waals surface area contributed by atoms with Crippen molar-refractivity contribution in [2.24, 2.45) is 18.0 Å². The molecule has 28 heavy (non-hydrogen) atoms. The number of likely N-dealkylation sites (tertiary alicyclic amines) is 1. The Balaban J connectivity index is 1.41. The Labute approximate surface area is 168 Å². The predicted octanol–water partition coefficient (Wildman–Crippen LogP) is 2.69. The van der Waals surface area contributed by atoms with Crippen LogP contribution in [0.1, 0.15) is 28.9 Å². The summed E-state index contributed by atoms with van der Waals surface area (Å²) in [7, 11) is 3.87. The van der Waals surface area contributed by atoms with Crippen LogP contribution in [0.4, 0.5) is 0 Å². The van der Waals surface area contributed by atoms with Crippen LogP contribution in [0.3, 0.4) is 0 Å². The Bertz CT molecular complexity index is 784. The summed E-state index contributed by atoms with van der Waals surface area (Å²) >= 11 is 0. The van der Waals surface area contributed by atoms with Gasteiger partial charge >= 0.3 is 0 Å². The first-order chi connectivity index (χ1) is 13.6. The van der Waals surface area contributed by atoms with E-state index in [2.05, 4.69) is 58.4 Å². The number of ether oxygens (including phenoxy) is 1. The first kappa shape index (κ1) is 20.4. The Morgan fingerprint density at radius 3 is 2.75 bits per heavy atom. The zero-order chi connectivity index (χ0) is 19.9. The molecular formula is C22H33N5O. The van der Waals surface area contributed by atoms with Crippen molar-refractivity contribution in [1.82, 2.24) is 20.0 Å². The van der Waals surface area contributed by atoms with Crippen molar-refractivity contribution in [2.45, 2.75) is 33.3 Å². The van der Waals surface area contributed by atoms with Crippen molar-refractivity contribution in [3.05, 3.63) is 52.8 Å². The van der Waals surface area contributed by atoms with Crippen molar-refractivity contribution < 1.29 is 4.74 Å². The number of nitrogens with one attached hydrogen (secondary N) is 1. The highest BCUT2D eigenvalue weighted by Gasteiger charge is 2.25. The number of aliphatic imine (C=N–C) groups is 1.